The van der Waals surface area contributed by atoms with Crippen LogP contribution in [0.5, 0.6) is 0 Å². The summed E-state index contributed by atoms with van der Waals surface area (Å²) < 4.78 is 53.8. The highest BCUT2D eigenvalue weighted by atomic mass is 32.2. The molecule has 0 aliphatic carbocycles. The van der Waals surface area contributed by atoms with E-state index in [0.29, 0.717) is 12.8 Å². The summed E-state index contributed by atoms with van der Waals surface area (Å²) in [4.78, 5) is 0. The molecule has 0 aliphatic rings. The van der Waals surface area contributed by atoms with E-state index in [9.17, 15) is 21.9 Å². The van der Waals surface area contributed by atoms with Crippen molar-refractivity contribution in [2.24, 2.45) is 10.8 Å². The largest absolute Gasteiger partial charge is 0.395 e. The Kier molecular flexibility index (Phi) is 9.37. The van der Waals surface area contributed by atoms with Crippen LogP contribution in [0.3, 0.4) is 0 Å². The average Bonchev–Trinajstić information content (AvgIpc) is 2.57. The first kappa shape index (κ1) is 31.8. The summed E-state index contributed by atoms with van der Waals surface area (Å²) in [6.07, 6.45) is 0.755. The van der Waals surface area contributed by atoms with E-state index in [-0.39, 0.29) is 12.0 Å². The maximum atomic E-state index is 13.6. The molecular formula is C23H50N2O5S2. The third-order valence-electron chi connectivity index (χ3n) is 7.72. The number of sulfonamides is 2. The highest BCUT2D eigenvalue weighted by Gasteiger charge is 2.49. The van der Waals surface area contributed by atoms with Crippen molar-refractivity contribution in [1.29, 1.82) is 0 Å². The molecule has 9 heteroatoms. The maximum absolute atomic E-state index is 13.6. The van der Waals surface area contributed by atoms with Gasteiger partial charge in [0, 0.05) is 19.6 Å². The molecule has 0 amide bonds. The van der Waals surface area contributed by atoms with Crippen LogP contribution in [-0.2, 0) is 20.0 Å². The van der Waals surface area contributed by atoms with E-state index >= 15 is 0 Å². The Morgan fingerprint density at radius 1 is 0.719 bits per heavy atom. The number of hydrogen-bond acceptors (Lipinski definition) is 5. The summed E-state index contributed by atoms with van der Waals surface area (Å²) in [5.41, 5.74) is -1.52. The molecule has 0 saturated heterocycles. The van der Waals surface area contributed by atoms with Crippen molar-refractivity contribution in [2.45, 2.75) is 117 Å². The number of rotatable bonds is 10. The molecular weight excluding hydrogens is 448 g/mol. The van der Waals surface area contributed by atoms with E-state index in [1.807, 2.05) is 48.5 Å². The fourth-order valence-electron chi connectivity index (χ4n) is 3.52. The molecule has 0 saturated carbocycles. The number of hydrogen-bond donors (Lipinski definition) is 1. The van der Waals surface area contributed by atoms with Crippen molar-refractivity contribution in [1.82, 2.24) is 8.61 Å². The molecule has 1 atom stereocenters. The number of nitrogens with zero attached hydrogens (tertiary/aromatic N) is 2. The van der Waals surface area contributed by atoms with Gasteiger partial charge in [-0.05, 0) is 72.1 Å². The lowest BCUT2D eigenvalue weighted by Crippen LogP contribution is -2.58. The highest BCUT2D eigenvalue weighted by molar-refractivity contribution is 7.90. The summed E-state index contributed by atoms with van der Waals surface area (Å²) in [6, 6.07) is -0.672. The molecule has 32 heavy (non-hydrogen) atoms. The smallest absolute Gasteiger partial charge is 0.219 e. The van der Waals surface area contributed by atoms with Gasteiger partial charge in [-0.1, -0.05) is 34.6 Å². The second-order valence-corrected chi connectivity index (χ2v) is 18.2. The second kappa shape index (κ2) is 9.44. The van der Waals surface area contributed by atoms with Crippen molar-refractivity contribution in [2.75, 3.05) is 20.7 Å². The SMILES string of the molecule is CN([C@H](CO)C(C)(C)CCC(C)(C)S(=O)(=O)N(C)C(C)(C)C(C)(C)C)S(=O)(=O)C(C)(C)C. The first-order valence-electron chi connectivity index (χ1n) is 11.3. The molecule has 0 aromatic heterocycles. The van der Waals surface area contributed by atoms with E-state index in [4.69, 9.17) is 0 Å². The number of aliphatic hydroxyl groups is 1. The van der Waals surface area contributed by atoms with Crippen molar-refractivity contribution in [3.05, 3.63) is 0 Å². The van der Waals surface area contributed by atoms with Crippen molar-refractivity contribution >= 4 is 20.0 Å². The van der Waals surface area contributed by atoms with Gasteiger partial charge in [-0.25, -0.2) is 16.8 Å². The van der Waals surface area contributed by atoms with Crippen LogP contribution < -0.4 is 0 Å². The van der Waals surface area contributed by atoms with Gasteiger partial charge >= 0.3 is 0 Å². The fraction of sp³-hybridized carbons (Fsp3) is 1.00. The minimum absolute atomic E-state index is 0.268. The van der Waals surface area contributed by atoms with Gasteiger partial charge in [0.1, 0.15) is 0 Å². The Balaban J connectivity index is 5.92. The van der Waals surface area contributed by atoms with Gasteiger partial charge in [0.25, 0.3) is 0 Å². The van der Waals surface area contributed by atoms with Crippen LogP contribution in [0.25, 0.3) is 0 Å². The Hall–Kier alpha value is -0.220. The lowest BCUT2D eigenvalue weighted by atomic mass is 9.76. The minimum Gasteiger partial charge on any atom is -0.395 e. The molecule has 0 unspecified atom stereocenters. The predicted octanol–water partition coefficient (Wildman–Crippen LogP) is 4.08. The molecule has 0 heterocycles. The lowest BCUT2D eigenvalue weighted by molar-refractivity contribution is 0.0886. The standard InChI is InChI=1S/C23H50N2O5S2/c1-19(2,3)23(11,12)25(14)32(29,30)22(9,10)16-15-21(7,8)18(17-26)24(13)31(27,28)20(4,5)6/h18,26H,15-17H2,1-14H3/t18-/m1/s1. The number of likely N-dealkylation sites (N-methyl/N-ethyl adjacent to an activating group) is 1. The second-order valence-electron chi connectivity index (χ2n) is 12.9. The highest BCUT2D eigenvalue weighted by Crippen LogP contribution is 2.41. The van der Waals surface area contributed by atoms with Crippen molar-refractivity contribution in [3.63, 3.8) is 0 Å². The first-order valence-corrected chi connectivity index (χ1v) is 14.2. The monoisotopic (exact) mass is 498 g/mol. The quantitative estimate of drug-likeness (QED) is 0.490. The van der Waals surface area contributed by atoms with Crippen LogP contribution in [0.2, 0.25) is 0 Å². The minimum atomic E-state index is -3.67. The van der Waals surface area contributed by atoms with Crippen LogP contribution in [0.4, 0.5) is 0 Å². The number of aliphatic hydroxyl groups excluding tert-OH is 1. The zero-order chi connectivity index (χ0) is 26.4. The van der Waals surface area contributed by atoms with Gasteiger partial charge in [-0.2, -0.15) is 8.61 Å². The lowest BCUT2D eigenvalue weighted by Gasteiger charge is -2.48. The third kappa shape index (κ3) is 6.06. The molecule has 0 aromatic rings. The zero-order valence-electron chi connectivity index (χ0n) is 23.0. The predicted molar refractivity (Wildman–Crippen MR) is 135 cm³/mol. The van der Waals surface area contributed by atoms with E-state index < -0.39 is 46.5 Å². The molecule has 194 valence electrons. The fourth-order valence-corrected chi connectivity index (χ4v) is 7.04. The van der Waals surface area contributed by atoms with Crippen molar-refractivity contribution in [3.8, 4) is 0 Å². The molecule has 0 rings (SSSR count). The Morgan fingerprint density at radius 3 is 1.44 bits per heavy atom. The van der Waals surface area contributed by atoms with Gasteiger partial charge in [-0.15, -0.1) is 0 Å². The van der Waals surface area contributed by atoms with Crippen LogP contribution >= 0.6 is 0 Å². The van der Waals surface area contributed by atoms with Crippen molar-refractivity contribution < 1.29 is 21.9 Å². The Bertz CT molecular complexity index is 846. The Morgan fingerprint density at radius 2 is 1.12 bits per heavy atom. The van der Waals surface area contributed by atoms with Crippen LogP contribution in [0.1, 0.15) is 95.9 Å². The molecule has 7 nitrogen and oxygen atoms in total. The van der Waals surface area contributed by atoms with E-state index in [2.05, 4.69) is 0 Å². The summed E-state index contributed by atoms with van der Waals surface area (Å²) in [5, 5.41) is 10.1. The van der Waals surface area contributed by atoms with Crippen LogP contribution in [-0.4, -0.2) is 72.3 Å². The van der Waals surface area contributed by atoms with Gasteiger partial charge < -0.3 is 5.11 Å². The van der Waals surface area contributed by atoms with Crippen LogP contribution in [0.15, 0.2) is 0 Å². The summed E-state index contributed by atoms with van der Waals surface area (Å²) in [6.45, 7) is 21.7. The van der Waals surface area contributed by atoms with Gasteiger partial charge in [0.05, 0.1) is 22.1 Å². The average molecular weight is 499 g/mol. The molecule has 0 aliphatic heterocycles. The Labute approximate surface area is 199 Å². The van der Waals surface area contributed by atoms with E-state index in [1.54, 1.807) is 41.7 Å². The van der Waals surface area contributed by atoms with E-state index in [0.717, 1.165) is 0 Å². The normalized spacial score (nSPS) is 16.7. The summed E-state index contributed by atoms with van der Waals surface area (Å²) in [5.74, 6) is 0. The molecule has 0 radical (unpaired) electrons. The van der Waals surface area contributed by atoms with Crippen LogP contribution in [0, 0.1) is 10.8 Å². The van der Waals surface area contributed by atoms with Gasteiger partial charge in [0.2, 0.25) is 20.0 Å². The summed E-state index contributed by atoms with van der Waals surface area (Å²) in [7, 11) is -4.20. The van der Waals surface area contributed by atoms with Gasteiger partial charge in [0.15, 0.2) is 0 Å². The third-order valence-corrected chi connectivity index (χ3v) is 13.1. The summed E-state index contributed by atoms with van der Waals surface area (Å²) >= 11 is 0. The molecule has 0 fully saturated rings. The zero-order valence-corrected chi connectivity index (χ0v) is 24.6. The first-order chi connectivity index (χ1) is 13.7. The van der Waals surface area contributed by atoms with E-state index in [1.165, 1.54) is 15.7 Å². The molecule has 0 aromatic carbocycles. The topological polar surface area (TPSA) is 95.0 Å². The molecule has 0 spiro atoms. The molecule has 0 bridgehead atoms. The maximum Gasteiger partial charge on any atom is 0.219 e. The van der Waals surface area contributed by atoms with Gasteiger partial charge in [-0.3, -0.25) is 0 Å². The molecule has 1 N–H and O–H groups in total.